The zero-order valence-electron chi connectivity index (χ0n) is 16.8. The number of carbonyl (C=O) groups excluding carboxylic acids is 1. The van der Waals surface area contributed by atoms with Gasteiger partial charge in [0.05, 0.1) is 16.1 Å². The highest BCUT2D eigenvalue weighted by Gasteiger charge is 2.17. The average Bonchev–Trinajstić information content (AvgIpc) is 2.79. The summed E-state index contributed by atoms with van der Waals surface area (Å²) in [6.45, 7) is 2.01. The molecule has 2 aromatic carbocycles. The van der Waals surface area contributed by atoms with Crippen molar-refractivity contribution in [3.05, 3.63) is 82.0 Å². The van der Waals surface area contributed by atoms with E-state index in [4.69, 9.17) is 0 Å². The summed E-state index contributed by atoms with van der Waals surface area (Å²) in [5, 5.41) is 11.9. The molecule has 160 valence electrons. The van der Waals surface area contributed by atoms with Crippen molar-refractivity contribution in [3.63, 3.8) is 0 Å². The minimum atomic E-state index is -1.51. The van der Waals surface area contributed by atoms with Crippen molar-refractivity contribution in [2.24, 2.45) is 0 Å². The molecule has 0 aliphatic carbocycles. The molecule has 3 aromatic rings. The van der Waals surface area contributed by atoms with Crippen molar-refractivity contribution in [1.29, 1.82) is 0 Å². The van der Waals surface area contributed by atoms with Gasteiger partial charge in [-0.15, -0.1) is 0 Å². The zero-order chi connectivity index (χ0) is 22.5. The van der Waals surface area contributed by atoms with Crippen molar-refractivity contribution in [2.75, 3.05) is 16.7 Å². The molecular weight excluding hydrogens is 482 g/mol. The predicted octanol–water partition coefficient (Wildman–Crippen LogP) is 4.52. The minimum absolute atomic E-state index is 0.0239. The summed E-state index contributed by atoms with van der Waals surface area (Å²) in [5.41, 5.74) is 1.47. The fraction of sp³-hybridized carbons (Fsp3) is 0.136. The van der Waals surface area contributed by atoms with E-state index >= 15 is 0 Å². The molecule has 1 unspecified atom stereocenters. The predicted molar refractivity (Wildman–Crippen MR) is 124 cm³/mol. The van der Waals surface area contributed by atoms with Gasteiger partial charge in [0.15, 0.2) is 11.0 Å². The Morgan fingerprint density at radius 3 is 2.52 bits per heavy atom. The van der Waals surface area contributed by atoms with Crippen LogP contribution in [0.5, 0.6) is 0 Å². The first kappa shape index (κ1) is 22.6. The van der Waals surface area contributed by atoms with E-state index in [9.17, 15) is 18.9 Å². The van der Waals surface area contributed by atoms with E-state index in [1.165, 1.54) is 12.1 Å². The second kappa shape index (κ2) is 9.84. The summed E-state index contributed by atoms with van der Waals surface area (Å²) in [7, 11) is 0.201. The number of aromatic carboxylic acids is 1. The van der Waals surface area contributed by atoms with E-state index in [0.29, 0.717) is 20.7 Å². The number of amides is 1. The number of aryl methyl sites for hydroxylation is 1. The molecule has 31 heavy (non-hydrogen) atoms. The number of rotatable bonds is 7. The summed E-state index contributed by atoms with van der Waals surface area (Å²) in [4.78, 5) is 28.9. The number of hydrogen-bond donors (Lipinski definition) is 2. The molecule has 1 heterocycles. The van der Waals surface area contributed by atoms with Crippen LogP contribution in [-0.2, 0) is 17.4 Å². The molecule has 0 aliphatic rings. The van der Waals surface area contributed by atoms with E-state index in [-0.39, 0.29) is 11.3 Å². The van der Waals surface area contributed by atoms with Crippen molar-refractivity contribution in [2.45, 2.75) is 18.2 Å². The molecule has 0 aliphatic heterocycles. The monoisotopic (exact) mass is 501 g/mol. The van der Waals surface area contributed by atoms with Crippen molar-refractivity contribution in [1.82, 2.24) is 4.98 Å². The lowest BCUT2D eigenvalue weighted by atomic mass is 10.1. The van der Waals surface area contributed by atoms with Gasteiger partial charge in [-0.1, -0.05) is 28.9 Å². The van der Waals surface area contributed by atoms with Crippen molar-refractivity contribution >= 4 is 50.3 Å². The standard InChI is InChI=1S/C22H20BrN3O4S/c1-3-14-5-4-12-24-20(14)26(2)31(30)17-9-6-15(7-10-17)21(27)25-19-11-8-16(23)13-18(19)22(28)29/h4-13H,3H2,1-2H3,(H,25,27)(H,28,29). The van der Waals surface area contributed by atoms with Crippen LogP contribution >= 0.6 is 15.9 Å². The van der Waals surface area contributed by atoms with Gasteiger partial charge in [0.1, 0.15) is 5.82 Å². The molecule has 0 saturated carbocycles. The van der Waals surface area contributed by atoms with E-state index in [2.05, 4.69) is 26.2 Å². The minimum Gasteiger partial charge on any atom is -0.478 e. The molecule has 2 N–H and O–H groups in total. The van der Waals surface area contributed by atoms with Crippen LogP contribution in [0.4, 0.5) is 11.5 Å². The lowest BCUT2D eigenvalue weighted by Crippen LogP contribution is -2.23. The third kappa shape index (κ3) is 5.18. The number of carboxylic acid groups (broad SMARTS) is 1. The molecule has 7 nitrogen and oxygen atoms in total. The normalized spacial score (nSPS) is 11.6. The first-order valence-electron chi connectivity index (χ1n) is 9.35. The van der Waals surface area contributed by atoms with Gasteiger partial charge in [0.2, 0.25) is 0 Å². The Balaban J connectivity index is 1.78. The smallest absolute Gasteiger partial charge is 0.337 e. The van der Waals surface area contributed by atoms with E-state index < -0.39 is 22.9 Å². The number of halogens is 1. The maximum atomic E-state index is 13.0. The first-order valence-corrected chi connectivity index (χ1v) is 11.3. The molecule has 0 radical (unpaired) electrons. The highest BCUT2D eigenvalue weighted by atomic mass is 79.9. The van der Waals surface area contributed by atoms with Crippen LogP contribution in [0, 0.1) is 0 Å². The number of pyridine rings is 1. The number of carboxylic acids is 1. The van der Waals surface area contributed by atoms with Gasteiger partial charge in [-0.05, 0) is 60.5 Å². The SMILES string of the molecule is CCc1cccnc1N(C)S(=O)c1ccc(C(=O)Nc2ccc(Br)cc2C(=O)O)cc1. The van der Waals surface area contributed by atoms with Crippen LogP contribution in [0.2, 0.25) is 0 Å². The maximum absolute atomic E-state index is 13.0. The molecule has 0 spiro atoms. The molecule has 0 bridgehead atoms. The summed E-state index contributed by atoms with van der Waals surface area (Å²) in [6.07, 6.45) is 2.42. The third-order valence-corrected chi connectivity index (χ3v) is 6.41. The Morgan fingerprint density at radius 1 is 1.16 bits per heavy atom. The molecular formula is C22H20BrN3O4S. The molecule has 1 atom stereocenters. The summed E-state index contributed by atoms with van der Waals surface area (Å²) in [5.74, 6) is -0.971. The Morgan fingerprint density at radius 2 is 1.87 bits per heavy atom. The average molecular weight is 502 g/mol. The highest BCUT2D eigenvalue weighted by Crippen LogP contribution is 2.23. The molecule has 0 fully saturated rings. The van der Waals surface area contributed by atoms with Crippen LogP contribution in [0.25, 0.3) is 0 Å². The lowest BCUT2D eigenvalue weighted by molar-refractivity contribution is 0.0698. The second-order valence-corrected chi connectivity index (χ2v) is 8.99. The van der Waals surface area contributed by atoms with Gasteiger partial charge in [-0.2, -0.15) is 0 Å². The fourth-order valence-corrected chi connectivity index (χ4v) is 4.31. The van der Waals surface area contributed by atoms with Crippen molar-refractivity contribution < 1.29 is 18.9 Å². The largest absolute Gasteiger partial charge is 0.478 e. The van der Waals surface area contributed by atoms with Gasteiger partial charge >= 0.3 is 5.97 Å². The number of nitrogens with one attached hydrogen (secondary N) is 1. The maximum Gasteiger partial charge on any atom is 0.337 e. The summed E-state index contributed by atoms with van der Waals surface area (Å²) < 4.78 is 15.2. The number of anilines is 2. The van der Waals surface area contributed by atoms with E-state index in [0.717, 1.165) is 12.0 Å². The zero-order valence-corrected chi connectivity index (χ0v) is 19.2. The Bertz CT molecular complexity index is 1150. The van der Waals surface area contributed by atoms with Crippen LogP contribution in [0.15, 0.2) is 70.2 Å². The summed E-state index contributed by atoms with van der Waals surface area (Å²) in [6, 6.07) is 14.7. The van der Waals surface area contributed by atoms with Crippen molar-refractivity contribution in [3.8, 4) is 0 Å². The van der Waals surface area contributed by atoms with E-state index in [1.807, 2.05) is 19.1 Å². The molecule has 3 rings (SSSR count). The fourth-order valence-electron chi connectivity index (χ4n) is 2.95. The van der Waals surface area contributed by atoms with Crippen LogP contribution in [-0.4, -0.2) is 33.2 Å². The van der Waals surface area contributed by atoms with Crippen LogP contribution in [0.1, 0.15) is 33.2 Å². The second-order valence-electron chi connectivity index (χ2n) is 6.56. The first-order chi connectivity index (χ1) is 14.8. The molecule has 1 amide bonds. The number of hydrogen-bond acceptors (Lipinski definition) is 4. The number of aromatic nitrogens is 1. The molecule has 1 aromatic heterocycles. The van der Waals surface area contributed by atoms with Gasteiger partial charge in [-0.25, -0.2) is 14.0 Å². The van der Waals surface area contributed by atoms with Crippen LogP contribution in [0.3, 0.4) is 0 Å². The highest BCUT2D eigenvalue weighted by molar-refractivity contribution is 9.10. The lowest BCUT2D eigenvalue weighted by Gasteiger charge is -2.19. The number of nitrogens with zero attached hydrogens (tertiary/aromatic N) is 2. The van der Waals surface area contributed by atoms with Gasteiger partial charge in [0.25, 0.3) is 5.91 Å². The summed E-state index contributed by atoms with van der Waals surface area (Å²) >= 11 is 3.22. The van der Waals surface area contributed by atoms with Crippen LogP contribution < -0.4 is 9.62 Å². The molecule has 9 heteroatoms. The quantitative estimate of drug-likeness (QED) is 0.495. The topological polar surface area (TPSA) is 99.6 Å². The Hall–Kier alpha value is -3.04. The molecule has 0 saturated heterocycles. The third-order valence-electron chi connectivity index (χ3n) is 4.57. The Labute approximate surface area is 190 Å². The Kier molecular flexibility index (Phi) is 7.19. The number of benzene rings is 2. The van der Waals surface area contributed by atoms with Gasteiger partial charge in [0, 0.05) is 23.3 Å². The van der Waals surface area contributed by atoms with Gasteiger partial charge < -0.3 is 10.4 Å². The number of carbonyl (C=O) groups is 2. The van der Waals surface area contributed by atoms with Gasteiger partial charge in [-0.3, -0.25) is 9.10 Å². The van der Waals surface area contributed by atoms with E-state index in [1.54, 1.807) is 47.9 Å².